The molecule has 7 heteroatoms. The van der Waals surface area contributed by atoms with Crippen molar-refractivity contribution >= 4 is 33.6 Å². The Balaban J connectivity index is 1.16. The van der Waals surface area contributed by atoms with E-state index in [1.165, 1.54) is 0 Å². The van der Waals surface area contributed by atoms with Gasteiger partial charge >= 0.3 is 0 Å². The molecule has 1 N–H and O–H groups in total. The van der Waals surface area contributed by atoms with Gasteiger partial charge in [0, 0.05) is 38.6 Å². The summed E-state index contributed by atoms with van der Waals surface area (Å²) in [6, 6.07) is 69.9. The summed E-state index contributed by atoms with van der Waals surface area (Å²) in [6.07, 6.45) is -0.395. The fourth-order valence-corrected chi connectivity index (χ4v) is 8.11. The van der Waals surface area contributed by atoms with E-state index < -0.39 is 6.17 Å². The molecule has 0 saturated carbocycles. The van der Waals surface area contributed by atoms with E-state index in [0.717, 1.165) is 83.4 Å². The molecule has 0 radical (unpaired) electrons. The summed E-state index contributed by atoms with van der Waals surface area (Å²) in [4.78, 5) is 26.1. The summed E-state index contributed by atoms with van der Waals surface area (Å²) in [5, 5.41) is 5.74. The number of para-hydroxylation sites is 1. The van der Waals surface area contributed by atoms with Crippen molar-refractivity contribution in [1.82, 2.24) is 20.3 Å². The van der Waals surface area contributed by atoms with Gasteiger partial charge in [-0.3, -0.25) is 0 Å². The second-order valence-corrected chi connectivity index (χ2v) is 14.9. The Labute approximate surface area is 352 Å². The molecular weight excluding hydrogens is 749 g/mol. The number of furan rings is 1. The van der Waals surface area contributed by atoms with Crippen LogP contribution in [-0.4, -0.2) is 26.6 Å². The molecule has 0 aliphatic carbocycles. The fourth-order valence-electron chi connectivity index (χ4n) is 8.11. The van der Waals surface area contributed by atoms with Crippen LogP contribution in [0.4, 0.5) is 0 Å². The molecule has 0 saturated heterocycles. The van der Waals surface area contributed by atoms with Crippen LogP contribution in [0.25, 0.3) is 78.4 Å². The van der Waals surface area contributed by atoms with Crippen molar-refractivity contribution < 1.29 is 4.42 Å². The van der Waals surface area contributed by atoms with E-state index in [1.807, 2.05) is 115 Å². The quantitative estimate of drug-likeness (QED) is 0.166. The highest BCUT2D eigenvalue weighted by atomic mass is 16.3. The van der Waals surface area contributed by atoms with E-state index in [2.05, 4.69) is 96.3 Å². The summed E-state index contributed by atoms with van der Waals surface area (Å²) < 4.78 is 6.40. The summed E-state index contributed by atoms with van der Waals surface area (Å²) >= 11 is 0. The average molecular weight is 785 g/mol. The van der Waals surface area contributed by atoms with Crippen molar-refractivity contribution in [3.63, 3.8) is 0 Å². The first-order valence-electron chi connectivity index (χ1n) is 20.3. The number of aliphatic imine (C=N–C) groups is 2. The number of rotatable bonds is 8. The van der Waals surface area contributed by atoms with Gasteiger partial charge in [-0.15, -0.1) is 0 Å². The van der Waals surface area contributed by atoms with Crippen LogP contribution in [0, 0.1) is 0 Å². The van der Waals surface area contributed by atoms with Gasteiger partial charge in [0.1, 0.15) is 23.2 Å². The highest BCUT2D eigenvalue weighted by Crippen LogP contribution is 2.41. The molecule has 1 atom stereocenters. The van der Waals surface area contributed by atoms with Crippen molar-refractivity contribution in [2.24, 2.45) is 9.98 Å². The normalized spacial score (nSPS) is 13.7. The number of nitrogens with zero attached hydrogens (tertiary/aromatic N) is 5. The van der Waals surface area contributed by atoms with Crippen molar-refractivity contribution in [2.75, 3.05) is 0 Å². The lowest BCUT2D eigenvalue weighted by Gasteiger charge is -2.25. The molecule has 1 unspecified atom stereocenters. The lowest BCUT2D eigenvalue weighted by atomic mass is 9.93. The van der Waals surface area contributed by atoms with Crippen molar-refractivity contribution in [3.05, 3.63) is 223 Å². The van der Waals surface area contributed by atoms with Gasteiger partial charge in [-0.1, -0.05) is 188 Å². The predicted molar refractivity (Wildman–Crippen MR) is 246 cm³/mol. The molecule has 288 valence electrons. The third-order valence-corrected chi connectivity index (χ3v) is 11.0. The van der Waals surface area contributed by atoms with E-state index in [1.54, 1.807) is 0 Å². The van der Waals surface area contributed by atoms with E-state index in [0.29, 0.717) is 23.3 Å². The van der Waals surface area contributed by atoms with Gasteiger partial charge in [-0.05, 0) is 46.0 Å². The summed E-state index contributed by atoms with van der Waals surface area (Å²) in [6.45, 7) is 0. The third kappa shape index (κ3) is 6.84. The second kappa shape index (κ2) is 15.5. The Morgan fingerprint density at radius 3 is 1.66 bits per heavy atom. The van der Waals surface area contributed by atoms with Crippen LogP contribution in [0.3, 0.4) is 0 Å². The van der Waals surface area contributed by atoms with Crippen LogP contribution in [-0.2, 0) is 0 Å². The Hall–Kier alpha value is -8.29. The van der Waals surface area contributed by atoms with Crippen LogP contribution in [0.15, 0.2) is 221 Å². The maximum absolute atomic E-state index is 6.40. The summed E-state index contributed by atoms with van der Waals surface area (Å²) in [7, 11) is 0. The molecule has 1 aliphatic heterocycles. The molecule has 0 spiro atoms. The van der Waals surface area contributed by atoms with Gasteiger partial charge in [0.25, 0.3) is 0 Å². The lowest BCUT2D eigenvalue weighted by Crippen LogP contribution is -2.34. The van der Waals surface area contributed by atoms with Crippen molar-refractivity contribution in [2.45, 2.75) is 6.17 Å². The van der Waals surface area contributed by atoms with Crippen LogP contribution < -0.4 is 5.32 Å². The molecule has 1 aliphatic rings. The van der Waals surface area contributed by atoms with Crippen LogP contribution in [0.2, 0.25) is 0 Å². The number of nitrogens with one attached hydrogen (secondary N) is 1. The van der Waals surface area contributed by atoms with Crippen molar-refractivity contribution in [3.8, 4) is 56.4 Å². The first-order valence-corrected chi connectivity index (χ1v) is 20.3. The SMILES string of the molecule is c1ccc(-c2nc(-c3ccccc3)nc(-c3cc(C4=NC(c5ccccc5)NC(c5ccccc5-c5ccccc5)=N4)ccc3-c3cccc4oc5ccccc5c34)n2)cc1. The Bertz CT molecular complexity index is 3210. The highest BCUT2D eigenvalue weighted by Gasteiger charge is 2.25. The fraction of sp³-hybridized carbons (Fsp3) is 0.0185. The van der Waals surface area contributed by atoms with Crippen LogP contribution >= 0.6 is 0 Å². The van der Waals surface area contributed by atoms with E-state index in [9.17, 15) is 0 Å². The number of fused-ring (bicyclic) bond motifs is 3. The minimum atomic E-state index is -0.395. The number of amidine groups is 2. The highest BCUT2D eigenvalue weighted by molar-refractivity contribution is 6.17. The van der Waals surface area contributed by atoms with Gasteiger partial charge in [0.15, 0.2) is 23.3 Å². The predicted octanol–water partition coefficient (Wildman–Crippen LogP) is 12.6. The van der Waals surface area contributed by atoms with Crippen LogP contribution in [0.5, 0.6) is 0 Å². The zero-order chi connectivity index (χ0) is 40.5. The summed E-state index contributed by atoms with van der Waals surface area (Å²) in [5.74, 6) is 3.01. The molecular formula is C54H36N6O. The minimum absolute atomic E-state index is 0.395. The Morgan fingerprint density at radius 1 is 0.393 bits per heavy atom. The van der Waals surface area contributed by atoms with Gasteiger partial charge in [-0.25, -0.2) is 24.9 Å². The molecule has 11 rings (SSSR count). The molecule has 7 nitrogen and oxygen atoms in total. The molecule has 10 aromatic rings. The monoisotopic (exact) mass is 784 g/mol. The maximum Gasteiger partial charge on any atom is 0.164 e. The van der Waals surface area contributed by atoms with E-state index >= 15 is 0 Å². The van der Waals surface area contributed by atoms with E-state index in [4.69, 9.17) is 29.4 Å². The van der Waals surface area contributed by atoms with Gasteiger partial charge < -0.3 is 9.73 Å². The molecule has 0 amide bonds. The molecule has 3 heterocycles. The largest absolute Gasteiger partial charge is 0.456 e. The smallest absolute Gasteiger partial charge is 0.164 e. The zero-order valence-corrected chi connectivity index (χ0v) is 32.9. The van der Waals surface area contributed by atoms with Gasteiger partial charge in [-0.2, -0.15) is 0 Å². The minimum Gasteiger partial charge on any atom is -0.456 e. The van der Waals surface area contributed by atoms with Crippen LogP contribution in [0.1, 0.15) is 22.9 Å². The molecule has 2 aromatic heterocycles. The van der Waals surface area contributed by atoms with Gasteiger partial charge in [0.05, 0.1) is 0 Å². The molecule has 61 heavy (non-hydrogen) atoms. The number of benzene rings is 8. The van der Waals surface area contributed by atoms with Gasteiger partial charge in [0.2, 0.25) is 0 Å². The standard InChI is InChI=1S/C54H36N6O/c1-5-18-35(19-6-1)40-26-13-14-27-43(40)53-57-51(38-24-11-4-12-25-38)56-52(60-53)39-32-33-41(42-29-17-31-47-48(42)44-28-15-16-30-46(44)61-47)45(34-39)54-58-49(36-20-7-2-8-21-36)55-50(59-54)37-22-9-3-10-23-37/h1-34,51H,(H,56,57,60). The Kier molecular flexibility index (Phi) is 9.09. The number of hydrogen-bond donors (Lipinski definition) is 1. The Morgan fingerprint density at radius 2 is 0.951 bits per heavy atom. The first-order chi connectivity index (χ1) is 30.2. The maximum atomic E-state index is 6.40. The molecule has 0 fully saturated rings. The lowest BCUT2D eigenvalue weighted by molar-refractivity contribution is 0.669. The zero-order valence-electron chi connectivity index (χ0n) is 32.9. The topological polar surface area (TPSA) is 88.6 Å². The number of aromatic nitrogens is 3. The first kappa shape index (κ1) is 35.8. The van der Waals surface area contributed by atoms with Crippen molar-refractivity contribution in [1.29, 1.82) is 0 Å². The molecule has 8 aromatic carbocycles. The average Bonchev–Trinajstić information content (AvgIpc) is 3.74. The second-order valence-electron chi connectivity index (χ2n) is 14.9. The van der Waals surface area contributed by atoms with E-state index in [-0.39, 0.29) is 0 Å². The molecule has 0 bridgehead atoms. The summed E-state index contributed by atoms with van der Waals surface area (Å²) in [5.41, 5.74) is 11.2. The third-order valence-electron chi connectivity index (χ3n) is 11.0. The number of hydrogen-bond acceptors (Lipinski definition) is 7.